The number of benzene rings is 1. The van der Waals surface area contributed by atoms with Crippen LogP contribution in [-0.2, 0) is 9.59 Å². The number of nitrogens with two attached hydrogens (primary N) is 1. The van der Waals surface area contributed by atoms with E-state index < -0.39 is 24.3 Å². The molecule has 0 fully saturated rings. The van der Waals surface area contributed by atoms with Crippen LogP contribution in [0.1, 0.15) is 10.4 Å². The molecule has 1 aromatic rings. The second-order valence-corrected chi connectivity index (χ2v) is 4.01. The minimum atomic E-state index is -1.14. The number of carbonyl (C=O) groups excluding carboxylic acids is 2. The van der Waals surface area contributed by atoms with Crippen LogP contribution in [0.4, 0.5) is 5.69 Å². The Bertz CT molecular complexity index is 519. The Morgan fingerprint density at radius 1 is 1.26 bits per heavy atom. The number of hydrogen-bond acceptors (Lipinski definition) is 4. The molecule has 1 aromatic carbocycles. The molecule has 0 heterocycles. The number of anilines is 1. The van der Waals surface area contributed by atoms with Crippen molar-refractivity contribution in [3.05, 3.63) is 28.8 Å². The van der Waals surface area contributed by atoms with Gasteiger partial charge in [-0.3, -0.25) is 14.4 Å². The van der Waals surface area contributed by atoms with Crippen LogP contribution in [0.5, 0.6) is 0 Å². The van der Waals surface area contributed by atoms with E-state index in [4.69, 9.17) is 22.4 Å². The van der Waals surface area contributed by atoms with Crippen LogP contribution < -0.4 is 16.4 Å². The van der Waals surface area contributed by atoms with Crippen molar-refractivity contribution >= 4 is 35.1 Å². The Morgan fingerprint density at radius 3 is 2.53 bits per heavy atom. The monoisotopic (exact) mass is 285 g/mol. The molecule has 19 heavy (non-hydrogen) atoms. The molecule has 0 aliphatic rings. The number of primary amides is 1. The number of amides is 2. The predicted molar refractivity (Wildman–Crippen MR) is 69.1 cm³/mol. The highest BCUT2D eigenvalue weighted by Crippen LogP contribution is 2.19. The normalized spacial score (nSPS) is 9.74. The number of carboxylic acids is 1. The highest BCUT2D eigenvalue weighted by Gasteiger charge is 2.10. The van der Waals surface area contributed by atoms with E-state index in [0.29, 0.717) is 10.7 Å². The fraction of sp³-hybridized carbons (Fsp3) is 0.182. The van der Waals surface area contributed by atoms with Gasteiger partial charge in [-0.25, -0.2) is 0 Å². The van der Waals surface area contributed by atoms with Gasteiger partial charge in [-0.15, -0.1) is 0 Å². The van der Waals surface area contributed by atoms with E-state index in [1.165, 1.54) is 18.2 Å². The molecule has 0 aromatic heterocycles. The second-order valence-electron chi connectivity index (χ2n) is 3.58. The molecule has 0 atom stereocenters. The zero-order chi connectivity index (χ0) is 14.4. The summed E-state index contributed by atoms with van der Waals surface area (Å²) < 4.78 is 0. The number of halogens is 1. The molecule has 2 amide bonds. The largest absolute Gasteiger partial charge is 0.480 e. The van der Waals surface area contributed by atoms with Crippen LogP contribution in [0, 0.1) is 0 Å². The lowest BCUT2D eigenvalue weighted by Crippen LogP contribution is -2.34. The molecular weight excluding hydrogens is 274 g/mol. The summed E-state index contributed by atoms with van der Waals surface area (Å²) in [5, 5.41) is 13.6. The first-order chi connectivity index (χ1) is 8.90. The fourth-order valence-corrected chi connectivity index (χ4v) is 1.46. The van der Waals surface area contributed by atoms with Crippen molar-refractivity contribution in [2.75, 3.05) is 18.4 Å². The molecule has 0 saturated carbocycles. The molecule has 0 spiro atoms. The summed E-state index contributed by atoms with van der Waals surface area (Å²) in [6.07, 6.45) is 0. The zero-order valence-electron chi connectivity index (χ0n) is 9.77. The minimum absolute atomic E-state index is 0.151. The third kappa shape index (κ3) is 4.84. The molecule has 7 nitrogen and oxygen atoms in total. The quantitative estimate of drug-likeness (QED) is 0.588. The zero-order valence-corrected chi connectivity index (χ0v) is 10.5. The number of carbonyl (C=O) groups is 3. The van der Waals surface area contributed by atoms with Gasteiger partial charge in [0.2, 0.25) is 5.91 Å². The van der Waals surface area contributed by atoms with Gasteiger partial charge >= 0.3 is 5.97 Å². The first kappa shape index (κ1) is 14.8. The first-order valence-electron chi connectivity index (χ1n) is 5.22. The van der Waals surface area contributed by atoms with Gasteiger partial charge < -0.3 is 21.5 Å². The van der Waals surface area contributed by atoms with Crippen molar-refractivity contribution in [3.8, 4) is 0 Å². The maximum absolute atomic E-state index is 11.3. The third-order valence-electron chi connectivity index (χ3n) is 2.12. The first-order valence-corrected chi connectivity index (χ1v) is 5.59. The third-order valence-corrected chi connectivity index (χ3v) is 2.36. The van der Waals surface area contributed by atoms with E-state index in [2.05, 4.69) is 10.6 Å². The summed E-state index contributed by atoms with van der Waals surface area (Å²) >= 11 is 5.73. The average Bonchev–Trinajstić information content (AvgIpc) is 2.34. The Balaban J connectivity index is 2.65. The van der Waals surface area contributed by atoms with Crippen LogP contribution in [-0.4, -0.2) is 36.0 Å². The van der Waals surface area contributed by atoms with Gasteiger partial charge in [-0.1, -0.05) is 11.6 Å². The van der Waals surface area contributed by atoms with Crippen molar-refractivity contribution in [1.29, 1.82) is 0 Å². The number of aliphatic carboxylic acids is 1. The van der Waals surface area contributed by atoms with E-state index in [9.17, 15) is 14.4 Å². The lowest BCUT2D eigenvalue weighted by atomic mass is 10.1. The topological polar surface area (TPSA) is 122 Å². The lowest BCUT2D eigenvalue weighted by Gasteiger charge is -2.10. The second kappa shape index (κ2) is 6.60. The van der Waals surface area contributed by atoms with Crippen molar-refractivity contribution in [3.63, 3.8) is 0 Å². The van der Waals surface area contributed by atoms with E-state index in [1.807, 2.05) is 0 Å². The maximum Gasteiger partial charge on any atom is 0.322 e. The molecule has 0 bridgehead atoms. The Labute approximate surface area is 113 Å². The standard InChI is InChI=1S/C11H12ClN3O4/c12-6-1-2-8(7(3-6)11(13)19)14-4-9(16)15-5-10(17)18/h1-3,14H,4-5H2,(H2,13,19)(H,15,16)(H,17,18). The molecular formula is C11H12ClN3O4. The van der Waals surface area contributed by atoms with Gasteiger partial charge in [0.15, 0.2) is 0 Å². The smallest absolute Gasteiger partial charge is 0.322 e. The molecule has 102 valence electrons. The highest BCUT2D eigenvalue weighted by atomic mass is 35.5. The highest BCUT2D eigenvalue weighted by molar-refractivity contribution is 6.31. The molecule has 0 aliphatic heterocycles. The van der Waals surface area contributed by atoms with E-state index >= 15 is 0 Å². The Morgan fingerprint density at radius 2 is 1.95 bits per heavy atom. The van der Waals surface area contributed by atoms with Crippen molar-refractivity contribution < 1.29 is 19.5 Å². The predicted octanol–water partition coefficient (Wildman–Crippen LogP) is 0.0516. The van der Waals surface area contributed by atoms with Crippen LogP contribution in [0.3, 0.4) is 0 Å². The van der Waals surface area contributed by atoms with Gasteiger partial charge in [0.25, 0.3) is 5.91 Å². The van der Waals surface area contributed by atoms with Crippen LogP contribution in [0.2, 0.25) is 5.02 Å². The Kier molecular flexibility index (Phi) is 5.13. The maximum atomic E-state index is 11.3. The van der Waals surface area contributed by atoms with E-state index in [1.54, 1.807) is 0 Å². The Hall–Kier alpha value is -2.28. The molecule has 0 radical (unpaired) electrons. The van der Waals surface area contributed by atoms with E-state index in [-0.39, 0.29) is 12.1 Å². The van der Waals surface area contributed by atoms with Gasteiger partial charge in [0.05, 0.1) is 12.1 Å². The summed E-state index contributed by atoms with van der Waals surface area (Å²) in [7, 11) is 0. The summed E-state index contributed by atoms with van der Waals surface area (Å²) in [6, 6.07) is 4.42. The van der Waals surface area contributed by atoms with Gasteiger partial charge in [0, 0.05) is 10.7 Å². The molecule has 1 rings (SSSR count). The van der Waals surface area contributed by atoms with Crippen molar-refractivity contribution in [2.24, 2.45) is 5.73 Å². The van der Waals surface area contributed by atoms with Crippen LogP contribution in [0.25, 0.3) is 0 Å². The van der Waals surface area contributed by atoms with Crippen LogP contribution >= 0.6 is 11.6 Å². The SMILES string of the molecule is NC(=O)c1cc(Cl)ccc1NCC(=O)NCC(=O)O. The summed E-state index contributed by atoms with van der Waals surface area (Å²) in [4.78, 5) is 32.7. The summed E-state index contributed by atoms with van der Waals surface area (Å²) in [5.74, 6) is -2.35. The molecule has 0 aliphatic carbocycles. The van der Waals surface area contributed by atoms with E-state index in [0.717, 1.165) is 0 Å². The van der Waals surface area contributed by atoms with Gasteiger partial charge in [-0.2, -0.15) is 0 Å². The average molecular weight is 286 g/mol. The number of rotatable bonds is 6. The summed E-state index contributed by atoms with van der Waals surface area (Å²) in [6.45, 7) is -0.654. The van der Waals surface area contributed by atoms with Gasteiger partial charge in [0.1, 0.15) is 6.54 Å². The summed E-state index contributed by atoms with van der Waals surface area (Å²) in [5.41, 5.74) is 5.67. The number of nitrogens with one attached hydrogen (secondary N) is 2. The number of hydrogen-bond donors (Lipinski definition) is 4. The van der Waals surface area contributed by atoms with Crippen molar-refractivity contribution in [1.82, 2.24) is 5.32 Å². The molecule has 5 N–H and O–H groups in total. The lowest BCUT2D eigenvalue weighted by molar-refractivity contribution is -0.137. The fourth-order valence-electron chi connectivity index (χ4n) is 1.29. The molecule has 0 saturated heterocycles. The van der Waals surface area contributed by atoms with Crippen LogP contribution in [0.15, 0.2) is 18.2 Å². The minimum Gasteiger partial charge on any atom is -0.480 e. The molecule has 0 unspecified atom stereocenters. The number of carboxylic acid groups (broad SMARTS) is 1. The van der Waals surface area contributed by atoms with Gasteiger partial charge in [-0.05, 0) is 18.2 Å². The van der Waals surface area contributed by atoms with Crippen molar-refractivity contribution in [2.45, 2.75) is 0 Å². The molecule has 8 heteroatoms.